The first-order valence-corrected chi connectivity index (χ1v) is 5.79. The van der Waals surface area contributed by atoms with E-state index in [9.17, 15) is 4.39 Å². The molecule has 0 bridgehead atoms. The van der Waals surface area contributed by atoms with Crippen LogP contribution in [0.25, 0.3) is 0 Å². The summed E-state index contributed by atoms with van der Waals surface area (Å²) in [4.78, 5) is 4.38. The van der Waals surface area contributed by atoms with E-state index in [1.165, 1.54) is 12.5 Å². The van der Waals surface area contributed by atoms with Gasteiger partial charge in [-0.1, -0.05) is 6.42 Å². The van der Waals surface area contributed by atoms with Crippen LogP contribution in [-0.2, 0) is 0 Å². The highest BCUT2D eigenvalue weighted by molar-refractivity contribution is 5.95. The van der Waals surface area contributed by atoms with Crippen LogP contribution in [0.1, 0.15) is 31.2 Å². The molecule has 0 radical (unpaired) electrons. The Morgan fingerprint density at radius 1 is 1.29 bits per heavy atom. The molecule has 1 aromatic carbocycles. The third kappa shape index (κ3) is 3.04. The van der Waals surface area contributed by atoms with E-state index in [-0.39, 0.29) is 0 Å². The van der Waals surface area contributed by atoms with E-state index in [4.69, 9.17) is 5.26 Å². The Bertz CT molecular complexity index is 474. The molecule has 0 aliphatic carbocycles. The number of nitrogens with zero attached hydrogens (tertiary/aromatic N) is 2. The molecule has 1 N–H and O–H groups in total. The maximum atomic E-state index is 13.6. The average Bonchev–Trinajstić information content (AvgIpc) is 2.60. The van der Waals surface area contributed by atoms with Crippen LogP contribution < -0.4 is 5.32 Å². The Morgan fingerprint density at radius 3 is 2.94 bits per heavy atom. The van der Waals surface area contributed by atoms with Crippen LogP contribution in [0.2, 0.25) is 0 Å². The highest BCUT2D eigenvalue weighted by Crippen LogP contribution is 2.17. The lowest BCUT2D eigenvalue weighted by molar-refractivity contribution is 0.631. The van der Waals surface area contributed by atoms with Gasteiger partial charge >= 0.3 is 0 Å². The molecule has 0 atom stereocenters. The van der Waals surface area contributed by atoms with Crippen molar-refractivity contribution in [1.82, 2.24) is 0 Å². The van der Waals surface area contributed by atoms with Gasteiger partial charge in [-0.3, -0.25) is 4.99 Å². The highest BCUT2D eigenvalue weighted by atomic mass is 19.1. The first-order valence-electron chi connectivity index (χ1n) is 5.79. The van der Waals surface area contributed by atoms with Gasteiger partial charge in [-0.15, -0.1) is 0 Å². The fraction of sp³-hybridized carbons (Fsp3) is 0.385. The predicted molar refractivity (Wildman–Crippen MR) is 65.5 cm³/mol. The van der Waals surface area contributed by atoms with Crippen molar-refractivity contribution in [2.24, 2.45) is 4.99 Å². The van der Waals surface area contributed by atoms with Gasteiger partial charge in [0.1, 0.15) is 11.7 Å². The molecule has 4 heteroatoms. The predicted octanol–water partition coefficient (Wildman–Crippen LogP) is 3.08. The summed E-state index contributed by atoms with van der Waals surface area (Å²) in [7, 11) is 0. The van der Waals surface area contributed by atoms with Crippen LogP contribution in [0, 0.1) is 17.1 Å². The van der Waals surface area contributed by atoms with E-state index < -0.39 is 5.82 Å². The van der Waals surface area contributed by atoms with Crippen LogP contribution in [0.4, 0.5) is 10.1 Å². The molecule has 0 spiro atoms. The Morgan fingerprint density at radius 2 is 2.18 bits per heavy atom. The largest absolute Gasteiger partial charge is 0.342 e. The number of nitrogens with one attached hydrogen (secondary N) is 1. The summed E-state index contributed by atoms with van der Waals surface area (Å²) in [5, 5.41) is 11.7. The van der Waals surface area contributed by atoms with E-state index in [1.54, 1.807) is 12.1 Å². The van der Waals surface area contributed by atoms with Crippen molar-refractivity contribution < 1.29 is 4.39 Å². The van der Waals surface area contributed by atoms with Gasteiger partial charge in [0.05, 0.1) is 17.3 Å². The van der Waals surface area contributed by atoms with Crippen molar-refractivity contribution in [3.8, 4) is 6.07 Å². The minimum Gasteiger partial charge on any atom is -0.342 e. The second-order valence-corrected chi connectivity index (χ2v) is 4.07. The molecule has 88 valence electrons. The average molecular weight is 231 g/mol. The lowest BCUT2D eigenvalue weighted by Crippen LogP contribution is -2.12. The third-order valence-electron chi connectivity index (χ3n) is 2.75. The molecule has 1 aromatic rings. The standard InChI is InChI=1S/C13H14FN3/c14-11-8-10(9-15)5-6-12(11)17-13-4-2-1-3-7-16-13/h5-6,8H,1-4,7H2,(H,16,17). The van der Waals surface area contributed by atoms with E-state index in [2.05, 4.69) is 10.3 Å². The fourth-order valence-corrected chi connectivity index (χ4v) is 1.82. The van der Waals surface area contributed by atoms with E-state index in [0.717, 1.165) is 31.6 Å². The smallest absolute Gasteiger partial charge is 0.147 e. The summed E-state index contributed by atoms with van der Waals surface area (Å²) in [6, 6.07) is 6.33. The van der Waals surface area contributed by atoms with Crippen molar-refractivity contribution in [2.75, 3.05) is 11.9 Å². The summed E-state index contributed by atoms with van der Waals surface area (Å²) in [5.41, 5.74) is 0.723. The lowest BCUT2D eigenvalue weighted by Gasteiger charge is -2.09. The number of hydrogen-bond donors (Lipinski definition) is 1. The van der Waals surface area contributed by atoms with Gasteiger partial charge < -0.3 is 5.32 Å². The molecule has 0 fully saturated rings. The second-order valence-electron chi connectivity index (χ2n) is 4.07. The van der Waals surface area contributed by atoms with E-state index in [1.807, 2.05) is 6.07 Å². The monoisotopic (exact) mass is 231 g/mol. The molecule has 2 rings (SSSR count). The van der Waals surface area contributed by atoms with E-state index in [0.29, 0.717) is 11.3 Å². The van der Waals surface area contributed by atoms with Crippen molar-refractivity contribution >= 4 is 11.5 Å². The normalized spacial score (nSPS) is 15.6. The quantitative estimate of drug-likeness (QED) is 0.807. The summed E-state index contributed by atoms with van der Waals surface area (Å²) in [6.07, 6.45) is 4.22. The molecule has 1 aliphatic rings. The Kier molecular flexibility index (Phi) is 3.71. The maximum absolute atomic E-state index is 13.6. The highest BCUT2D eigenvalue weighted by Gasteiger charge is 2.08. The third-order valence-corrected chi connectivity index (χ3v) is 2.75. The first-order chi connectivity index (χ1) is 8.29. The van der Waals surface area contributed by atoms with Crippen molar-refractivity contribution in [1.29, 1.82) is 5.26 Å². The molecule has 3 nitrogen and oxygen atoms in total. The van der Waals surface area contributed by atoms with Gasteiger partial charge in [-0.25, -0.2) is 4.39 Å². The lowest BCUT2D eigenvalue weighted by atomic mass is 10.2. The summed E-state index contributed by atoms with van der Waals surface area (Å²) >= 11 is 0. The molecule has 0 saturated heterocycles. The van der Waals surface area contributed by atoms with Gasteiger partial charge in [0.2, 0.25) is 0 Å². The molecule has 17 heavy (non-hydrogen) atoms. The minimum atomic E-state index is -0.406. The Hall–Kier alpha value is -1.89. The van der Waals surface area contributed by atoms with Crippen LogP contribution >= 0.6 is 0 Å². The second kappa shape index (κ2) is 5.44. The molecule has 0 saturated carbocycles. The van der Waals surface area contributed by atoms with E-state index >= 15 is 0 Å². The number of hydrogen-bond acceptors (Lipinski definition) is 3. The maximum Gasteiger partial charge on any atom is 0.147 e. The number of rotatable bonds is 1. The number of anilines is 1. The Labute approximate surface area is 100.0 Å². The molecule has 1 heterocycles. The minimum absolute atomic E-state index is 0.329. The van der Waals surface area contributed by atoms with Crippen molar-refractivity contribution in [2.45, 2.75) is 25.7 Å². The Balaban J connectivity index is 2.13. The van der Waals surface area contributed by atoms with Gasteiger partial charge in [0, 0.05) is 13.0 Å². The molecule has 0 amide bonds. The number of halogens is 1. The van der Waals surface area contributed by atoms with Gasteiger partial charge in [-0.2, -0.15) is 5.26 Å². The number of nitriles is 1. The molecular weight excluding hydrogens is 217 g/mol. The van der Waals surface area contributed by atoms with Crippen LogP contribution in [-0.4, -0.2) is 12.4 Å². The molecule has 0 unspecified atom stereocenters. The first kappa shape index (κ1) is 11.6. The number of amidine groups is 1. The molecular formula is C13H14FN3. The topological polar surface area (TPSA) is 48.2 Å². The van der Waals surface area contributed by atoms with Gasteiger partial charge in [0.15, 0.2) is 0 Å². The number of benzene rings is 1. The van der Waals surface area contributed by atoms with Gasteiger partial charge in [-0.05, 0) is 31.0 Å². The number of aliphatic imine (C=N–C) groups is 1. The SMILES string of the molecule is N#Cc1ccc(NC2=NCCCCC2)c(F)c1. The molecule has 1 aliphatic heterocycles. The summed E-state index contributed by atoms with van der Waals surface area (Å²) < 4.78 is 13.6. The zero-order valence-corrected chi connectivity index (χ0v) is 9.54. The molecule has 0 aromatic heterocycles. The van der Waals surface area contributed by atoms with Crippen LogP contribution in [0.5, 0.6) is 0 Å². The fourth-order valence-electron chi connectivity index (χ4n) is 1.82. The zero-order valence-electron chi connectivity index (χ0n) is 9.54. The van der Waals surface area contributed by atoms with Crippen molar-refractivity contribution in [3.05, 3.63) is 29.6 Å². The van der Waals surface area contributed by atoms with Crippen LogP contribution in [0.3, 0.4) is 0 Å². The zero-order chi connectivity index (χ0) is 12.1. The van der Waals surface area contributed by atoms with Gasteiger partial charge in [0.25, 0.3) is 0 Å². The summed E-state index contributed by atoms with van der Waals surface area (Å²) in [6.45, 7) is 0.806. The van der Waals surface area contributed by atoms with Crippen LogP contribution in [0.15, 0.2) is 23.2 Å². The summed E-state index contributed by atoms with van der Waals surface area (Å²) in [5.74, 6) is 0.433. The van der Waals surface area contributed by atoms with Crippen molar-refractivity contribution in [3.63, 3.8) is 0 Å².